The number of carboxylic acid groups (broad SMARTS) is 1. The molecule has 0 saturated carbocycles. The zero-order valence-electron chi connectivity index (χ0n) is 14.6. The topological polar surface area (TPSA) is 148 Å². The molecule has 2 aromatic rings. The predicted molar refractivity (Wildman–Crippen MR) is 94.4 cm³/mol. The van der Waals surface area contributed by atoms with Gasteiger partial charge in [-0.25, -0.2) is 0 Å². The number of carboxylic acids is 1. The quantitative estimate of drug-likeness (QED) is 0.569. The van der Waals surface area contributed by atoms with E-state index in [1.807, 2.05) is 4.72 Å². The predicted octanol–water partition coefficient (Wildman–Crippen LogP) is 0.498. The van der Waals surface area contributed by atoms with Gasteiger partial charge in [-0.2, -0.15) is 0 Å². The Kier molecular flexibility index (Phi) is 6.50. The van der Waals surface area contributed by atoms with Crippen LogP contribution in [0.15, 0.2) is 23.1 Å². The van der Waals surface area contributed by atoms with Gasteiger partial charge in [0.15, 0.2) is 0 Å². The van der Waals surface area contributed by atoms with Gasteiger partial charge in [0, 0.05) is 0 Å². The van der Waals surface area contributed by atoms with Gasteiger partial charge >= 0.3 is 162 Å². The summed E-state index contributed by atoms with van der Waals surface area (Å²) < 4.78 is 31.2. The Bertz CT molecular complexity index is 996. The number of hydrogen-bond donors (Lipinski definition) is 2. The van der Waals surface area contributed by atoms with Crippen molar-refractivity contribution in [2.45, 2.75) is 24.0 Å². The zero-order chi connectivity index (χ0) is 20.2. The summed E-state index contributed by atoms with van der Waals surface area (Å²) >= 11 is -1.16. The summed E-state index contributed by atoms with van der Waals surface area (Å²) in [6.45, 7) is 3.10. The third-order valence-corrected chi connectivity index (χ3v) is 6.88. The molecule has 0 unspecified atom stereocenters. The van der Waals surface area contributed by atoms with Gasteiger partial charge in [-0.3, -0.25) is 0 Å². The molecule has 0 aliphatic heterocycles. The molecule has 1 heterocycles. The third-order valence-electron chi connectivity index (χ3n) is 3.25. The molecule has 1 aromatic carbocycles. The fourth-order valence-electron chi connectivity index (χ4n) is 2.19. The number of amides is 1. The van der Waals surface area contributed by atoms with Crippen LogP contribution in [-0.2, 0) is 15.2 Å². The number of carbonyl (C=O) groups excluding carboxylic acids is 1. The maximum absolute atomic E-state index is 12.5. The first-order chi connectivity index (χ1) is 12.6. The van der Waals surface area contributed by atoms with Gasteiger partial charge in [0.25, 0.3) is 0 Å². The third kappa shape index (κ3) is 5.24. The average Bonchev–Trinajstić information content (AvgIpc) is 2.58. The van der Waals surface area contributed by atoms with Crippen molar-refractivity contribution in [3.05, 3.63) is 41.0 Å². The van der Waals surface area contributed by atoms with Crippen LogP contribution in [0.4, 0.5) is 4.79 Å². The van der Waals surface area contributed by atoms with E-state index in [0.29, 0.717) is 11.6 Å². The molecule has 0 aliphatic rings. The van der Waals surface area contributed by atoms with E-state index in [9.17, 15) is 23.1 Å². The first kappa shape index (κ1) is 20.8. The molecular weight excluding hydrogens is 439 g/mol. The average molecular weight is 455 g/mol. The maximum atomic E-state index is 12.5. The Hall–Kier alpha value is -2.52. The molecular formula is C15H16AsN4O6S. The van der Waals surface area contributed by atoms with E-state index in [0.717, 1.165) is 0 Å². The zero-order valence-corrected chi connectivity index (χ0v) is 17.3. The van der Waals surface area contributed by atoms with Crippen molar-refractivity contribution < 1.29 is 27.9 Å². The van der Waals surface area contributed by atoms with Crippen LogP contribution in [-0.4, -0.2) is 62.0 Å². The van der Waals surface area contributed by atoms with Crippen LogP contribution in [0.2, 0.25) is 0 Å². The normalized spacial score (nSPS) is 11.5. The first-order valence-corrected chi connectivity index (χ1v) is 11.2. The number of nitrogens with one attached hydrogen (secondary N) is 1. The molecule has 10 nitrogen and oxygen atoms in total. The van der Waals surface area contributed by atoms with E-state index >= 15 is 0 Å². The molecule has 1 amide bonds. The summed E-state index contributed by atoms with van der Waals surface area (Å²) in [5.41, 5.74) is -0.173. The second-order valence-corrected chi connectivity index (χ2v) is 9.07. The number of ether oxygens (including phenoxy) is 1. The Balaban J connectivity index is 2.16. The molecule has 0 spiro atoms. The molecule has 2 rings (SSSR count). The Morgan fingerprint density at radius 1 is 1.22 bits per heavy atom. The van der Waals surface area contributed by atoms with E-state index in [-0.39, 0.29) is 16.8 Å². The number of aromatic nitrogens is 3. The van der Waals surface area contributed by atoms with Crippen molar-refractivity contribution in [3.63, 3.8) is 0 Å². The first-order valence-electron chi connectivity index (χ1n) is 7.46. The Morgan fingerprint density at radius 2 is 1.93 bits per heavy atom. The van der Waals surface area contributed by atoms with Crippen molar-refractivity contribution in [1.29, 1.82) is 0 Å². The number of nitrogens with zero attached hydrogens (tertiary/aromatic N) is 3. The van der Waals surface area contributed by atoms with Crippen molar-refractivity contribution >= 4 is 36.4 Å². The number of rotatable bonds is 7. The van der Waals surface area contributed by atoms with Crippen molar-refractivity contribution in [3.8, 4) is 6.01 Å². The monoisotopic (exact) mass is 455 g/mol. The summed E-state index contributed by atoms with van der Waals surface area (Å²) in [4.78, 5) is 35.0. The number of aromatic carboxylic acids is 1. The second-order valence-electron chi connectivity index (χ2n) is 5.27. The van der Waals surface area contributed by atoms with Crippen LogP contribution < -0.4 is 9.46 Å². The minimum absolute atomic E-state index is 0.109. The Morgan fingerprint density at radius 3 is 2.56 bits per heavy atom. The fourth-order valence-corrected chi connectivity index (χ4v) is 5.58. The number of carbonyl (C=O) groups is 2. The van der Waals surface area contributed by atoms with Gasteiger partial charge in [0.2, 0.25) is 0 Å². The van der Waals surface area contributed by atoms with Crippen LogP contribution in [0.5, 0.6) is 6.01 Å². The van der Waals surface area contributed by atoms with Gasteiger partial charge in [0.05, 0.1) is 0 Å². The molecule has 0 fully saturated rings. The van der Waals surface area contributed by atoms with Gasteiger partial charge in [0.1, 0.15) is 0 Å². The number of benzene rings is 1. The Labute approximate surface area is 162 Å². The van der Waals surface area contributed by atoms with Gasteiger partial charge < -0.3 is 0 Å². The number of sulfonamides is 1. The summed E-state index contributed by atoms with van der Waals surface area (Å²) in [6, 6.07) is 4.17. The molecule has 0 bridgehead atoms. The van der Waals surface area contributed by atoms with Crippen LogP contribution >= 0.6 is 0 Å². The summed E-state index contributed by atoms with van der Waals surface area (Å²) in [7, 11) is -2.93. The van der Waals surface area contributed by atoms with E-state index in [4.69, 9.17) is 4.74 Å². The molecule has 12 heteroatoms. The molecule has 1 radical (unpaired) electrons. The molecule has 143 valence electrons. The second kappa shape index (κ2) is 8.45. The molecule has 1 aromatic heterocycles. The summed E-state index contributed by atoms with van der Waals surface area (Å²) in [6.07, 6.45) is 0. The molecule has 27 heavy (non-hydrogen) atoms. The SMILES string of the molecule is COc1nc(C)nc(C[As]C(=O)NS(=O)(=O)c2c(C)cccc2C(=O)O)n1. The van der Waals surface area contributed by atoms with Crippen molar-refractivity contribution in [2.75, 3.05) is 7.11 Å². The van der Waals surface area contributed by atoms with Crippen LogP contribution in [0.1, 0.15) is 27.6 Å². The van der Waals surface area contributed by atoms with Crippen LogP contribution in [0, 0.1) is 13.8 Å². The van der Waals surface area contributed by atoms with Gasteiger partial charge in [-0.15, -0.1) is 0 Å². The number of hydrogen-bond acceptors (Lipinski definition) is 8. The van der Waals surface area contributed by atoms with Gasteiger partial charge in [-0.05, 0) is 0 Å². The standard InChI is InChI=1S/C15H16AsN4O6S/c1-8-5-4-6-10(13(21)22)12(8)27(24,25)20-14(23)16-7-11-17-9(2)18-15(19-11)26-3/h4-6H,7H2,1-3H3,(H,20,23)(H,21,22). The summed E-state index contributed by atoms with van der Waals surface area (Å²) in [5, 5.41) is 9.36. The molecule has 0 aliphatic carbocycles. The van der Waals surface area contributed by atoms with Crippen molar-refractivity contribution in [1.82, 2.24) is 19.7 Å². The number of aryl methyl sites for hydroxylation is 2. The van der Waals surface area contributed by atoms with E-state index in [2.05, 4.69) is 15.0 Å². The van der Waals surface area contributed by atoms with Gasteiger partial charge in [-0.1, -0.05) is 0 Å². The van der Waals surface area contributed by atoms with Crippen LogP contribution in [0.3, 0.4) is 0 Å². The van der Waals surface area contributed by atoms with E-state index in [1.165, 1.54) is 32.2 Å². The van der Waals surface area contributed by atoms with E-state index < -0.39 is 46.9 Å². The van der Waals surface area contributed by atoms with E-state index in [1.54, 1.807) is 6.92 Å². The minimum atomic E-state index is -4.33. The van der Waals surface area contributed by atoms with Crippen LogP contribution in [0.25, 0.3) is 0 Å². The molecule has 2 N–H and O–H groups in total. The molecule has 0 saturated heterocycles. The molecule has 0 atom stereocenters. The van der Waals surface area contributed by atoms with Crippen molar-refractivity contribution in [2.24, 2.45) is 0 Å². The number of methoxy groups -OCH3 is 1. The summed E-state index contributed by atoms with van der Waals surface area (Å²) in [5.74, 6) is -0.668. The fraction of sp³-hybridized carbons (Fsp3) is 0.267.